The summed E-state index contributed by atoms with van der Waals surface area (Å²) in [4.78, 5) is 24.7. The molecule has 0 unspecified atom stereocenters. The lowest BCUT2D eigenvalue weighted by Crippen LogP contribution is -2.30. The SMILES string of the molecule is COc1cccc(/C=C(\C#N)C(=O)O[C@H](C)C(=O)Nc2ccc3c(c2)CCC3)c1. The molecular weight excluding hydrogens is 368 g/mol. The predicted molar refractivity (Wildman–Crippen MR) is 109 cm³/mol. The summed E-state index contributed by atoms with van der Waals surface area (Å²) in [5.74, 6) is -0.701. The molecule has 6 heteroatoms. The molecule has 1 aliphatic rings. The number of anilines is 1. The number of carbonyl (C=O) groups is 2. The largest absolute Gasteiger partial charge is 0.497 e. The van der Waals surface area contributed by atoms with Crippen LogP contribution in [-0.4, -0.2) is 25.1 Å². The van der Waals surface area contributed by atoms with Gasteiger partial charge in [-0.3, -0.25) is 4.79 Å². The van der Waals surface area contributed by atoms with E-state index in [9.17, 15) is 14.9 Å². The number of aryl methyl sites for hydroxylation is 2. The predicted octanol–water partition coefficient (Wildman–Crippen LogP) is 3.66. The third kappa shape index (κ3) is 5.02. The Morgan fingerprint density at radius 3 is 2.72 bits per heavy atom. The van der Waals surface area contributed by atoms with Crippen molar-refractivity contribution in [2.75, 3.05) is 12.4 Å². The van der Waals surface area contributed by atoms with Crippen molar-refractivity contribution in [3.63, 3.8) is 0 Å². The van der Waals surface area contributed by atoms with Crippen LogP contribution < -0.4 is 10.1 Å². The minimum absolute atomic E-state index is 0.199. The number of hydrogen-bond donors (Lipinski definition) is 1. The minimum Gasteiger partial charge on any atom is -0.497 e. The Morgan fingerprint density at radius 2 is 1.97 bits per heavy atom. The molecule has 0 heterocycles. The van der Waals surface area contributed by atoms with Gasteiger partial charge in [-0.25, -0.2) is 4.79 Å². The molecule has 0 aliphatic heterocycles. The lowest BCUT2D eigenvalue weighted by molar-refractivity contribution is -0.148. The zero-order chi connectivity index (χ0) is 20.8. The van der Waals surface area contributed by atoms with Crippen molar-refractivity contribution in [3.05, 3.63) is 64.7 Å². The van der Waals surface area contributed by atoms with Crippen molar-refractivity contribution in [1.82, 2.24) is 0 Å². The molecule has 0 bridgehead atoms. The fraction of sp³-hybridized carbons (Fsp3) is 0.261. The summed E-state index contributed by atoms with van der Waals surface area (Å²) in [5.41, 5.74) is 3.64. The molecule has 29 heavy (non-hydrogen) atoms. The number of nitriles is 1. The fourth-order valence-electron chi connectivity index (χ4n) is 3.21. The first-order chi connectivity index (χ1) is 14.0. The average Bonchev–Trinajstić information content (AvgIpc) is 3.19. The van der Waals surface area contributed by atoms with Gasteiger partial charge in [0, 0.05) is 5.69 Å². The number of esters is 1. The Balaban J connectivity index is 1.64. The number of fused-ring (bicyclic) bond motifs is 1. The Kier molecular flexibility index (Phi) is 6.30. The summed E-state index contributed by atoms with van der Waals surface area (Å²) >= 11 is 0. The molecule has 3 rings (SSSR count). The highest BCUT2D eigenvalue weighted by atomic mass is 16.5. The quantitative estimate of drug-likeness (QED) is 0.462. The summed E-state index contributed by atoms with van der Waals surface area (Å²) in [6, 6.07) is 14.6. The number of nitrogens with zero attached hydrogens (tertiary/aromatic N) is 1. The Labute approximate surface area is 169 Å². The van der Waals surface area contributed by atoms with E-state index in [1.54, 1.807) is 24.3 Å². The molecule has 1 N–H and O–H groups in total. The van der Waals surface area contributed by atoms with Gasteiger partial charge in [-0.05, 0) is 73.2 Å². The van der Waals surface area contributed by atoms with Crippen LogP contribution >= 0.6 is 0 Å². The molecule has 1 aliphatic carbocycles. The van der Waals surface area contributed by atoms with Gasteiger partial charge in [0.25, 0.3) is 5.91 Å². The van der Waals surface area contributed by atoms with E-state index in [1.165, 1.54) is 31.2 Å². The number of nitrogens with one attached hydrogen (secondary N) is 1. The Bertz CT molecular complexity index is 1000. The van der Waals surface area contributed by atoms with E-state index in [-0.39, 0.29) is 5.57 Å². The summed E-state index contributed by atoms with van der Waals surface area (Å²) in [5, 5.41) is 12.1. The maximum atomic E-state index is 12.4. The fourth-order valence-corrected chi connectivity index (χ4v) is 3.21. The van der Waals surface area contributed by atoms with Crippen molar-refractivity contribution < 1.29 is 19.1 Å². The summed E-state index contributed by atoms with van der Waals surface area (Å²) < 4.78 is 10.3. The standard InChI is InChI=1S/C23H22N2O4/c1-15(22(26)25-20-10-9-17-6-4-7-18(17)13-20)29-23(27)19(14-24)11-16-5-3-8-21(12-16)28-2/h3,5,8-13,15H,4,6-7H2,1-2H3,(H,25,26)/b19-11+/t15-/m1/s1. The molecule has 0 spiro atoms. The average molecular weight is 390 g/mol. The number of carbonyl (C=O) groups excluding carboxylic acids is 2. The van der Waals surface area contributed by atoms with Gasteiger partial charge in [-0.15, -0.1) is 0 Å². The van der Waals surface area contributed by atoms with Gasteiger partial charge in [0.05, 0.1) is 7.11 Å². The molecule has 1 atom stereocenters. The maximum absolute atomic E-state index is 12.4. The van der Waals surface area contributed by atoms with Crippen LogP contribution in [0.25, 0.3) is 6.08 Å². The van der Waals surface area contributed by atoms with E-state index in [0.717, 1.165) is 19.3 Å². The first-order valence-electron chi connectivity index (χ1n) is 9.39. The van der Waals surface area contributed by atoms with Crippen LogP contribution in [0.1, 0.15) is 30.0 Å². The number of methoxy groups -OCH3 is 1. The van der Waals surface area contributed by atoms with Crippen LogP contribution in [0, 0.1) is 11.3 Å². The van der Waals surface area contributed by atoms with E-state index in [2.05, 4.69) is 5.32 Å². The molecular formula is C23H22N2O4. The topological polar surface area (TPSA) is 88.4 Å². The first kappa shape index (κ1) is 20.2. The van der Waals surface area contributed by atoms with E-state index < -0.39 is 18.0 Å². The van der Waals surface area contributed by atoms with Crippen molar-refractivity contribution in [2.45, 2.75) is 32.3 Å². The van der Waals surface area contributed by atoms with Crippen LogP contribution in [0.2, 0.25) is 0 Å². The zero-order valence-corrected chi connectivity index (χ0v) is 16.4. The molecule has 148 valence electrons. The normalized spacial score (nSPS) is 13.8. The maximum Gasteiger partial charge on any atom is 0.349 e. The molecule has 0 fully saturated rings. The minimum atomic E-state index is -1.04. The van der Waals surface area contributed by atoms with Crippen molar-refractivity contribution >= 4 is 23.6 Å². The summed E-state index contributed by atoms with van der Waals surface area (Å²) in [7, 11) is 1.53. The monoisotopic (exact) mass is 390 g/mol. The molecule has 0 saturated heterocycles. The zero-order valence-electron chi connectivity index (χ0n) is 16.4. The molecule has 0 radical (unpaired) electrons. The van der Waals surface area contributed by atoms with Gasteiger partial charge in [0.15, 0.2) is 6.10 Å². The smallest absolute Gasteiger partial charge is 0.349 e. The van der Waals surface area contributed by atoms with Crippen LogP contribution in [-0.2, 0) is 27.2 Å². The highest BCUT2D eigenvalue weighted by Gasteiger charge is 2.21. The lowest BCUT2D eigenvalue weighted by Gasteiger charge is -2.14. The number of ether oxygens (including phenoxy) is 2. The van der Waals surface area contributed by atoms with Gasteiger partial charge in [-0.2, -0.15) is 5.26 Å². The molecule has 0 aromatic heterocycles. The third-order valence-corrected chi connectivity index (χ3v) is 4.76. The summed E-state index contributed by atoms with van der Waals surface area (Å²) in [6.45, 7) is 1.47. The van der Waals surface area contributed by atoms with E-state index in [0.29, 0.717) is 17.0 Å². The van der Waals surface area contributed by atoms with Gasteiger partial charge in [0.2, 0.25) is 0 Å². The van der Waals surface area contributed by atoms with Gasteiger partial charge >= 0.3 is 5.97 Å². The molecule has 2 aromatic rings. The number of hydrogen-bond acceptors (Lipinski definition) is 5. The second-order valence-corrected chi connectivity index (χ2v) is 6.82. The van der Waals surface area contributed by atoms with E-state index in [4.69, 9.17) is 9.47 Å². The first-order valence-corrected chi connectivity index (χ1v) is 9.39. The second kappa shape index (κ2) is 9.07. The third-order valence-electron chi connectivity index (χ3n) is 4.76. The van der Waals surface area contributed by atoms with Gasteiger partial charge < -0.3 is 14.8 Å². The highest BCUT2D eigenvalue weighted by molar-refractivity contribution is 6.01. The Morgan fingerprint density at radius 1 is 1.17 bits per heavy atom. The lowest BCUT2D eigenvalue weighted by atomic mass is 10.1. The van der Waals surface area contributed by atoms with Crippen molar-refractivity contribution in [1.29, 1.82) is 5.26 Å². The molecule has 6 nitrogen and oxygen atoms in total. The van der Waals surface area contributed by atoms with Crippen molar-refractivity contribution in [2.24, 2.45) is 0 Å². The molecule has 2 aromatic carbocycles. The molecule has 1 amide bonds. The molecule has 0 saturated carbocycles. The summed E-state index contributed by atoms with van der Waals surface area (Å²) in [6.07, 6.45) is 3.55. The van der Waals surface area contributed by atoms with E-state index in [1.807, 2.05) is 24.3 Å². The van der Waals surface area contributed by atoms with Crippen LogP contribution in [0.5, 0.6) is 5.75 Å². The van der Waals surface area contributed by atoms with Gasteiger partial charge in [0.1, 0.15) is 17.4 Å². The van der Waals surface area contributed by atoms with Crippen LogP contribution in [0.15, 0.2) is 48.0 Å². The number of amides is 1. The number of benzene rings is 2. The van der Waals surface area contributed by atoms with Crippen molar-refractivity contribution in [3.8, 4) is 11.8 Å². The highest BCUT2D eigenvalue weighted by Crippen LogP contribution is 2.25. The Hall–Kier alpha value is -3.59. The van der Waals surface area contributed by atoms with Crippen LogP contribution in [0.4, 0.5) is 5.69 Å². The van der Waals surface area contributed by atoms with Crippen LogP contribution in [0.3, 0.4) is 0 Å². The van der Waals surface area contributed by atoms with Gasteiger partial charge in [-0.1, -0.05) is 18.2 Å². The van der Waals surface area contributed by atoms with E-state index >= 15 is 0 Å². The number of rotatable bonds is 6. The second-order valence-electron chi connectivity index (χ2n) is 6.82.